The van der Waals surface area contributed by atoms with E-state index >= 15 is 0 Å². The van der Waals surface area contributed by atoms with Gasteiger partial charge in [-0.25, -0.2) is 4.98 Å². The van der Waals surface area contributed by atoms with Gasteiger partial charge in [0, 0.05) is 5.75 Å². The molecular weight excluding hydrogens is 196 g/mol. The van der Waals surface area contributed by atoms with Crippen LogP contribution in [-0.4, -0.2) is 15.7 Å². The van der Waals surface area contributed by atoms with E-state index in [0.717, 1.165) is 11.3 Å². The number of nitrogens with zero attached hydrogens (tertiary/aromatic N) is 2. The fraction of sp³-hybridized carbons (Fsp3) is 0.167. The summed E-state index contributed by atoms with van der Waals surface area (Å²) in [6, 6.07) is 0. The molecular formula is C6H6N2O2S2. The molecule has 0 saturated heterocycles. The van der Waals surface area contributed by atoms with Gasteiger partial charge in [0.2, 0.25) is 0 Å². The summed E-state index contributed by atoms with van der Waals surface area (Å²) in [5.74, 6) is 0.605. The Morgan fingerprint density at radius 2 is 2.58 bits per heavy atom. The van der Waals surface area contributed by atoms with Gasteiger partial charge in [0.05, 0.1) is 4.92 Å². The van der Waals surface area contributed by atoms with Crippen LogP contribution in [0.2, 0.25) is 0 Å². The highest BCUT2D eigenvalue weighted by atomic mass is 32.1. The number of thiazole rings is 1. The molecule has 0 bridgehead atoms. The molecule has 6 heteroatoms. The van der Waals surface area contributed by atoms with Crippen LogP contribution in [0.25, 0.3) is 6.08 Å². The second-order valence-electron chi connectivity index (χ2n) is 1.88. The number of hydrogen-bond donors (Lipinski definition) is 1. The molecule has 1 aromatic heterocycles. The predicted molar refractivity (Wildman–Crippen MR) is 51.7 cm³/mol. The Hall–Kier alpha value is -0.880. The highest BCUT2D eigenvalue weighted by Gasteiger charge is 2.08. The lowest BCUT2D eigenvalue weighted by atomic mass is 10.5. The number of hydrogen-bond acceptors (Lipinski definition) is 5. The van der Waals surface area contributed by atoms with E-state index in [2.05, 4.69) is 17.6 Å². The summed E-state index contributed by atoms with van der Waals surface area (Å²) in [6.07, 6.45) is 4.75. The second kappa shape index (κ2) is 4.22. The Kier molecular flexibility index (Phi) is 3.24. The van der Waals surface area contributed by atoms with Gasteiger partial charge in [-0.05, 0) is 17.4 Å². The van der Waals surface area contributed by atoms with Crippen LogP contribution in [0.15, 0.2) is 12.3 Å². The number of aromatic nitrogens is 1. The Balaban J connectivity index is 2.77. The Labute approximate surface area is 78.5 Å². The molecule has 0 N–H and O–H groups in total. The molecule has 1 aromatic rings. The van der Waals surface area contributed by atoms with Gasteiger partial charge in [0.1, 0.15) is 11.2 Å². The zero-order valence-electron chi connectivity index (χ0n) is 6.01. The molecule has 0 fully saturated rings. The molecule has 0 radical (unpaired) electrons. The number of rotatable bonds is 3. The first-order chi connectivity index (χ1) is 5.74. The maximum atomic E-state index is 10.2. The predicted octanol–water partition coefficient (Wildman–Crippen LogP) is 1.99. The molecule has 0 atom stereocenters. The lowest BCUT2D eigenvalue weighted by Crippen LogP contribution is -1.80. The van der Waals surface area contributed by atoms with Crippen molar-refractivity contribution in [2.45, 2.75) is 0 Å². The lowest BCUT2D eigenvalue weighted by molar-refractivity contribution is -0.380. The van der Waals surface area contributed by atoms with Gasteiger partial charge in [0.15, 0.2) is 0 Å². The smallest absolute Gasteiger partial charge is 0.257 e. The van der Waals surface area contributed by atoms with Crippen molar-refractivity contribution in [1.82, 2.24) is 4.98 Å². The first-order valence-electron chi connectivity index (χ1n) is 3.11. The van der Waals surface area contributed by atoms with Crippen LogP contribution in [0.1, 0.15) is 5.01 Å². The van der Waals surface area contributed by atoms with E-state index in [1.807, 2.05) is 0 Å². The van der Waals surface area contributed by atoms with Crippen molar-refractivity contribution in [2.24, 2.45) is 0 Å². The Morgan fingerprint density at radius 1 is 1.83 bits per heavy atom. The zero-order valence-corrected chi connectivity index (χ0v) is 7.72. The molecule has 0 unspecified atom stereocenters. The second-order valence-corrected chi connectivity index (χ2v) is 3.28. The fourth-order valence-electron chi connectivity index (χ4n) is 0.594. The highest BCUT2D eigenvalue weighted by molar-refractivity contribution is 7.80. The third-order valence-electron chi connectivity index (χ3n) is 1.06. The van der Waals surface area contributed by atoms with E-state index in [-0.39, 0.29) is 5.00 Å². The molecule has 0 spiro atoms. The van der Waals surface area contributed by atoms with Crippen molar-refractivity contribution in [3.05, 3.63) is 27.4 Å². The van der Waals surface area contributed by atoms with Crippen LogP contribution >= 0.6 is 24.0 Å². The summed E-state index contributed by atoms with van der Waals surface area (Å²) in [6.45, 7) is 0. The first-order valence-corrected chi connectivity index (χ1v) is 4.56. The van der Waals surface area contributed by atoms with Crippen LogP contribution < -0.4 is 0 Å². The van der Waals surface area contributed by atoms with Crippen LogP contribution in [-0.2, 0) is 0 Å². The van der Waals surface area contributed by atoms with Crippen LogP contribution in [0.5, 0.6) is 0 Å². The molecule has 0 aliphatic heterocycles. The van der Waals surface area contributed by atoms with Gasteiger partial charge in [-0.15, -0.1) is 0 Å². The topological polar surface area (TPSA) is 56.0 Å². The zero-order chi connectivity index (χ0) is 8.97. The fourth-order valence-corrected chi connectivity index (χ4v) is 1.36. The van der Waals surface area contributed by atoms with Crippen LogP contribution in [0.3, 0.4) is 0 Å². The molecule has 0 aromatic carbocycles. The molecule has 0 saturated carbocycles. The molecule has 0 aliphatic rings. The molecule has 12 heavy (non-hydrogen) atoms. The SMILES string of the molecule is O=[N+]([O-])c1cnc(C=CCS)s1. The molecule has 4 nitrogen and oxygen atoms in total. The minimum atomic E-state index is -0.449. The van der Waals surface area contributed by atoms with Crippen molar-refractivity contribution in [3.63, 3.8) is 0 Å². The van der Waals surface area contributed by atoms with E-state index in [4.69, 9.17) is 0 Å². The Bertz CT molecular complexity index is 308. The van der Waals surface area contributed by atoms with E-state index in [1.165, 1.54) is 6.20 Å². The van der Waals surface area contributed by atoms with E-state index in [9.17, 15) is 10.1 Å². The molecule has 64 valence electrons. The van der Waals surface area contributed by atoms with Gasteiger partial charge in [0.25, 0.3) is 0 Å². The maximum Gasteiger partial charge on any atom is 0.344 e. The third kappa shape index (κ3) is 2.31. The highest BCUT2D eigenvalue weighted by Crippen LogP contribution is 2.21. The minimum Gasteiger partial charge on any atom is -0.257 e. The van der Waals surface area contributed by atoms with Crippen molar-refractivity contribution in [3.8, 4) is 0 Å². The number of thiol groups is 1. The Morgan fingerprint density at radius 3 is 3.08 bits per heavy atom. The summed E-state index contributed by atoms with van der Waals surface area (Å²) in [5.41, 5.74) is 0. The summed E-state index contributed by atoms with van der Waals surface area (Å²) in [4.78, 5) is 13.6. The van der Waals surface area contributed by atoms with Crippen molar-refractivity contribution in [1.29, 1.82) is 0 Å². The monoisotopic (exact) mass is 202 g/mol. The molecule has 0 amide bonds. The lowest BCUT2D eigenvalue weighted by Gasteiger charge is -1.79. The summed E-state index contributed by atoms with van der Waals surface area (Å²) < 4.78 is 0. The molecule has 1 rings (SSSR count). The van der Waals surface area contributed by atoms with Crippen molar-refractivity contribution in [2.75, 3.05) is 5.75 Å². The average Bonchev–Trinajstić information content (AvgIpc) is 2.48. The quantitative estimate of drug-likeness (QED) is 0.463. The van der Waals surface area contributed by atoms with Crippen molar-refractivity contribution < 1.29 is 4.92 Å². The van der Waals surface area contributed by atoms with E-state index in [0.29, 0.717) is 10.8 Å². The standard InChI is InChI=1S/C6H6N2O2S2/c9-8(10)6-4-7-5(12-6)2-1-3-11/h1-2,4,11H,3H2. The normalized spacial score (nSPS) is 10.8. The van der Waals surface area contributed by atoms with Gasteiger partial charge < -0.3 is 0 Å². The largest absolute Gasteiger partial charge is 0.344 e. The summed E-state index contributed by atoms with van der Waals surface area (Å²) >= 11 is 5.00. The van der Waals surface area contributed by atoms with Crippen LogP contribution in [0.4, 0.5) is 5.00 Å². The first kappa shape index (κ1) is 9.21. The van der Waals surface area contributed by atoms with E-state index in [1.54, 1.807) is 12.2 Å². The average molecular weight is 202 g/mol. The summed E-state index contributed by atoms with van der Waals surface area (Å²) in [5, 5.41) is 10.9. The molecule has 1 heterocycles. The van der Waals surface area contributed by atoms with Gasteiger partial charge in [-0.2, -0.15) is 12.6 Å². The maximum absolute atomic E-state index is 10.2. The van der Waals surface area contributed by atoms with Crippen molar-refractivity contribution >= 4 is 35.0 Å². The van der Waals surface area contributed by atoms with Crippen LogP contribution in [0, 0.1) is 10.1 Å². The van der Waals surface area contributed by atoms with Gasteiger partial charge >= 0.3 is 5.00 Å². The summed E-state index contributed by atoms with van der Waals surface area (Å²) in [7, 11) is 0. The third-order valence-corrected chi connectivity index (χ3v) is 2.18. The van der Waals surface area contributed by atoms with Gasteiger partial charge in [-0.1, -0.05) is 6.08 Å². The molecule has 0 aliphatic carbocycles. The van der Waals surface area contributed by atoms with Gasteiger partial charge in [-0.3, -0.25) is 10.1 Å². The number of nitro groups is 1. The van der Waals surface area contributed by atoms with E-state index < -0.39 is 4.92 Å². The minimum absolute atomic E-state index is 0.0637.